The molecular weight excluding hydrogens is 397 g/mol. The van der Waals surface area contributed by atoms with Crippen LogP contribution in [0.4, 0.5) is 10.1 Å². The number of hydrogen-bond acceptors (Lipinski definition) is 4. The van der Waals surface area contributed by atoms with Crippen molar-refractivity contribution in [2.24, 2.45) is 11.1 Å². The summed E-state index contributed by atoms with van der Waals surface area (Å²) < 4.78 is 35.5. The average molecular weight is 419 g/mol. The molecule has 7 nitrogen and oxygen atoms in total. The van der Waals surface area contributed by atoms with Gasteiger partial charge in [-0.1, -0.05) is 12.1 Å². The van der Waals surface area contributed by atoms with Gasteiger partial charge in [-0.25, -0.2) is 17.9 Å². The van der Waals surface area contributed by atoms with Crippen molar-refractivity contribution in [2.45, 2.75) is 24.2 Å². The number of nitrogens with two attached hydrogens (primary N) is 1. The second-order valence-electron chi connectivity index (χ2n) is 7.09. The summed E-state index contributed by atoms with van der Waals surface area (Å²) in [6, 6.07) is 11.7. The number of carbonyl (C=O) groups is 2. The van der Waals surface area contributed by atoms with Gasteiger partial charge in [-0.05, 0) is 67.1 Å². The Morgan fingerprint density at radius 1 is 1.03 bits per heavy atom. The van der Waals surface area contributed by atoms with Crippen molar-refractivity contribution in [2.75, 3.05) is 18.4 Å². The Morgan fingerprint density at radius 3 is 2.17 bits per heavy atom. The number of amides is 2. The molecule has 2 amide bonds. The molecule has 2 aromatic carbocycles. The molecule has 3 rings (SSSR count). The van der Waals surface area contributed by atoms with Gasteiger partial charge in [0.1, 0.15) is 5.82 Å². The van der Waals surface area contributed by atoms with Gasteiger partial charge in [0.15, 0.2) is 0 Å². The summed E-state index contributed by atoms with van der Waals surface area (Å²) in [5, 5.41) is 7.50. The van der Waals surface area contributed by atoms with Crippen LogP contribution in [0.5, 0.6) is 0 Å². The van der Waals surface area contributed by atoms with E-state index in [0.717, 1.165) is 24.8 Å². The second-order valence-corrected chi connectivity index (χ2v) is 8.65. The number of sulfonamides is 1. The molecular formula is C20H22FN3O4S. The number of nitrogens with zero attached hydrogens (tertiary/aromatic N) is 1. The van der Waals surface area contributed by atoms with E-state index in [9.17, 15) is 22.4 Å². The number of benzene rings is 2. The van der Waals surface area contributed by atoms with Crippen molar-refractivity contribution in [1.29, 1.82) is 0 Å². The fourth-order valence-electron chi connectivity index (χ4n) is 3.35. The van der Waals surface area contributed by atoms with Gasteiger partial charge in [-0.15, -0.1) is 0 Å². The Morgan fingerprint density at radius 2 is 1.62 bits per heavy atom. The molecule has 0 bridgehead atoms. The zero-order valence-electron chi connectivity index (χ0n) is 15.7. The van der Waals surface area contributed by atoms with Crippen molar-refractivity contribution in [1.82, 2.24) is 4.90 Å². The van der Waals surface area contributed by atoms with Gasteiger partial charge in [-0.3, -0.25) is 9.59 Å². The standard InChI is InChI=1S/C20H22FN3O4S/c21-16-3-1-14(2-4-16)13-15-9-11-24(12-10-15)20(26)19(25)23-17-5-7-18(8-6-17)29(22,27)28/h1-8,15H,9-13H2,(H,23,25)(H2,22,27,28). The lowest BCUT2D eigenvalue weighted by Crippen LogP contribution is -2.44. The average Bonchev–Trinajstić information content (AvgIpc) is 2.69. The predicted octanol–water partition coefficient (Wildman–Crippen LogP) is 1.89. The van der Waals surface area contributed by atoms with Crippen LogP contribution in [0.25, 0.3) is 0 Å². The zero-order valence-corrected chi connectivity index (χ0v) is 16.5. The summed E-state index contributed by atoms with van der Waals surface area (Å²) in [5.74, 6) is -1.29. The number of anilines is 1. The molecule has 29 heavy (non-hydrogen) atoms. The van der Waals surface area contributed by atoms with E-state index in [2.05, 4.69) is 5.32 Å². The fourth-order valence-corrected chi connectivity index (χ4v) is 3.87. The first-order valence-electron chi connectivity index (χ1n) is 9.20. The van der Waals surface area contributed by atoms with Gasteiger partial charge in [-0.2, -0.15) is 0 Å². The van der Waals surface area contributed by atoms with E-state index in [1.807, 2.05) is 0 Å². The van der Waals surface area contributed by atoms with Crippen LogP contribution in [0.2, 0.25) is 0 Å². The molecule has 1 fully saturated rings. The molecule has 1 saturated heterocycles. The minimum Gasteiger partial charge on any atom is -0.334 e. The van der Waals surface area contributed by atoms with Crippen LogP contribution in [0.3, 0.4) is 0 Å². The largest absolute Gasteiger partial charge is 0.334 e. The number of nitrogens with one attached hydrogen (secondary N) is 1. The number of hydrogen-bond donors (Lipinski definition) is 2. The Balaban J connectivity index is 1.50. The molecule has 0 atom stereocenters. The highest BCUT2D eigenvalue weighted by molar-refractivity contribution is 7.89. The van der Waals surface area contributed by atoms with Crippen LogP contribution < -0.4 is 10.5 Å². The van der Waals surface area contributed by atoms with E-state index < -0.39 is 21.8 Å². The Kier molecular flexibility index (Phi) is 6.29. The highest BCUT2D eigenvalue weighted by atomic mass is 32.2. The third kappa shape index (κ3) is 5.61. The first-order chi connectivity index (χ1) is 13.7. The van der Waals surface area contributed by atoms with Crippen molar-refractivity contribution in [3.05, 3.63) is 59.9 Å². The molecule has 0 unspecified atom stereocenters. The number of halogens is 1. The van der Waals surface area contributed by atoms with Gasteiger partial charge in [0.25, 0.3) is 0 Å². The van der Waals surface area contributed by atoms with Crippen LogP contribution in [-0.4, -0.2) is 38.2 Å². The van der Waals surface area contributed by atoms with Crippen LogP contribution >= 0.6 is 0 Å². The summed E-state index contributed by atoms with van der Waals surface area (Å²) in [4.78, 5) is 26.0. The SMILES string of the molecule is NS(=O)(=O)c1ccc(NC(=O)C(=O)N2CCC(Cc3ccc(F)cc3)CC2)cc1. The number of piperidine rings is 1. The lowest BCUT2D eigenvalue weighted by molar-refractivity contribution is -0.144. The highest BCUT2D eigenvalue weighted by Gasteiger charge is 2.27. The number of rotatable bonds is 4. The van der Waals surface area contributed by atoms with Crippen LogP contribution in [0.1, 0.15) is 18.4 Å². The van der Waals surface area contributed by atoms with Gasteiger partial charge in [0.05, 0.1) is 4.90 Å². The van der Waals surface area contributed by atoms with E-state index in [-0.39, 0.29) is 10.7 Å². The first kappa shape index (κ1) is 20.9. The van der Waals surface area contributed by atoms with Crippen molar-refractivity contribution in [3.8, 4) is 0 Å². The van der Waals surface area contributed by atoms with Crippen LogP contribution in [-0.2, 0) is 26.0 Å². The molecule has 0 spiro atoms. The first-order valence-corrected chi connectivity index (χ1v) is 10.7. The molecule has 0 radical (unpaired) electrons. The molecule has 9 heteroatoms. The maximum absolute atomic E-state index is 13.0. The second kappa shape index (κ2) is 8.71. The summed E-state index contributed by atoms with van der Waals surface area (Å²) in [6.45, 7) is 0.949. The number of carbonyl (C=O) groups excluding carboxylic acids is 2. The molecule has 3 N–H and O–H groups in total. The van der Waals surface area contributed by atoms with E-state index in [1.54, 1.807) is 12.1 Å². The van der Waals surface area contributed by atoms with E-state index >= 15 is 0 Å². The smallest absolute Gasteiger partial charge is 0.313 e. The molecule has 0 saturated carbocycles. The normalized spacial score (nSPS) is 15.2. The van der Waals surface area contributed by atoms with Gasteiger partial charge in [0, 0.05) is 18.8 Å². The number of primary sulfonamides is 1. The van der Waals surface area contributed by atoms with Gasteiger partial charge >= 0.3 is 11.8 Å². The van der Waals surface area contributed by atoms with Crippen LogP contribution in [0, 0.1) is 11.7 Å². The van der Waals surface area contributed by atoms with Crippen LogP contribution in [0.15, 0.2) is 53.4 Å². The minimum absolute atomic E-state index is 0.0787. The molecule has 154 valence electrons. The van der Waals surface area contributed by atoms with Crippen molar-refractivity contribution >= 4 is 27.5 Å². The third-order valence-corrected chi connectivity index (χ3v) is 5.90. The van der Waals surface area contributed by atoms with Gasteiger partial charge < -0.3 is 10.2 Å². The monoisotopic (exact) mass is 419 g/mol. The van der Waals surface area contributed by atoms with Crippen molar-refractivity contribution in [3.63, 3.8) is 0 Å². The summed E-state index contributed by atoms with van der Waals surface area (Å²) in [5.41, 5.74) is 1.36. The molecule has 0 aliphatic carbocycles. The van der Waals surface area contributed by atoms with Gasteiger partial charge in [0.2, 0.25) is 10.0 Å². The Bertz CT molecular complexity index is 983. The molecule has 0 aromatic heterocycles. The molecule has 1 heterocycles. The quantitative estimate of drug-likeness (QED) is 0.738. The lowest BCUT2D eigenvalue weighted by Gasteiger charge is -2.31. The minimum atomic E-state index is -3.82. The third-order valence-electron chi connectivity index (χ3n) is 4.97. The van der Waals surface area contributed by atoms with Crippen molar-refractivity contribution < 1.29 is 22.4 Å². The summed E-state index contributed by atoms with van der Waals surface area (Å²) in [7, 11) is -3.82. The Hall–Kier alpha value is -2.78. The maximum Gasteiger partial charge on any atom is 0.313 e. The van der Waals surface area contributed by atoms with E-state index in [0.29, 0.717) is 24.7 Å². The highest BCUT2D eigenvalue weighted by Crippen LogP contribution is 2.22. The fraction of sp³-hybridized carbons (Fsp3) is 0.300. The zero-order chi connectivity index (χ0) is 21.0. The summed E-state index contributed by atoms with van der Waals surface area (Å²) in [6.07, 6.45) is 2.34. The molecule has 1 aliphatic rings. The lowest BCUT2D eigenvalue weighted by atomic mass is 9.90. The Labute approximate surface area is 168 Å². The van der Waals surface area contributed by atoms with E-state index in [1.165, 1.54) is 41.3 Å². The topological polar surface area (TPSA) is 110 Å². The van der Waals surface area contributed by atoms with E-state index in [4.69, 9.17) is 5.14 Å². The molecule has 1 aliphatic heterocycles. The molecule has 2 aromatic rings. The maximum atomic E-state index is 13.0. The predicted molar refractivity (Wildman–Crippen MR) is 106 cm³/mol. The summed E-state index contributed by atoms with van der Waals surface area (Å²) >= 11 is 0. The number of likely N-dealkylation sites (tertiary alicyclic amines) is 1.